The van der Waals surface area contributed by atoms with E-state index in [9.17, 15) is 4.79 Å². The topological polar surface area (TPSA) is 26.3 Å². The highest BCUT2D eigenvalue weighted by atomic mass is 28.3. The molecule has 0 aromatic heterocycles. The Bertz CT molecular complexity index is 489. The van der Waals surface area contributed by atoms with E-state index in [1.165, 1.54) is 0 Å². The van der Waals surface area contributed by atoms with Gasteiger partial charge in [-0.15, -0.1) is 5.54 Å². The molecule has 1 heterocycles. The summed E-state index contributed by atoms with van der Waals surface area (Å²) < 4.78 is 5.24. The normalized spacial score (nSPS) is 18.4. The molecule has 82 valence electrons. The Balaban J connectivity index is 2.34. The molecule has 0 spiro atoms. The van der Waals surface area contributed by atoms with Crippen LogP contribution in [0.5, 0.6) is 0 Å². The zero-order chi connectivity index (χ0) is 11.8. The van der Waals surface area contributed by atoms with Gasteiger partial charge in [-0.2, -0.15) is 0 Å². The van der Waals surface area contributed by atoms with E-state index in [4.69, 9.17) is 4.74 Å². The third-order valence-corrected chi connectivity index (χ3v) is 3.16. The summed E-state index contributed by atoms with van der Waals surface area (Å²) in [7, 11) is -1.42. The first-order valence-electron chi connectivity index (χ1n) is 5.30. The van der Waals surface area contributed by atoms with Gasteiger partial charge < -0.3 is 4.74 Å². The second-order valence-corrected chi connectivity index (χ2v) is 9.64. The summed E-state index contributed by atoms with van der Waals surface area (Å²) >= 11 is 0. The number of benzene rings is 1. The van der Waals surface area contributed by atoms with Crippen molar-refractivity contribution in [3.05, 3.63) is 35.4 Å². The SMILES string of the molecule is C[Si](C)(C)C#CC1OC(=O)c2ccccc21. The molecule has 0 N–H and O–H groups in total. The van der Waals surface area contributed by atoms with Crippen LogP contribution in [0.4, 0.5) is 0 Å². The molecule has 16 heavy (non-hydrogen) atoms. The monoisotopic (exact) mass is 230 g/mol. The van der Waals surface area contributed by atoms with Gasteiger partial charge in [-0.1, -0.05) is 43.8 Å². The average molecular weight is 230 g/mol. The quantitative estimate of drug-likeness (QED) is 0.389. The maximum absolute atomic E-state index is 11.5. The molecular weight excluding hydrogens is 216 g/mol. The number of esters is 1. The van der Waals surface area contributed by atoms with E-state index in [1.807, 2.05) is 18.2 Å². The Morgan fingerprint density at radius 1 is 1.25 bits per heavy atom. The molecule has 1 aromatic rings. The number of hydrogen-bond acceptors (Lipinski definition) is 2. The van der Waals surface area contributed by atoms with Crippen molar-refractivity contribution in [2.45, 2.75) is 25.7 Å². The van der Waals surface area contributed by atoms with Crippen molar-refractivity contribution in [1.29, 1.82) is 0 Å². The van der Waals surface area contributed by atoms with Crippen LogP contribution in [0.3, 0.4) is 0 Å². The molecule has 0 amide bonds. The summed E-state index contributed by atoms with van der Waals surface area (Å²) in [6.07, 6.45) is -0.365. The van der Waals surface area contributed by atoms with Gasteiger partial charge in [0.15, 0.2) is 6.10 Å². The zero-order valence-electron chi connectivity index (χ0n) is 9.70. The van der Waals surface area contributed by atoms with Crippen molar-refractivity contribution >= 4 is 14.0 Å². The number of fused-ring (bicyclic) bond motifs is 1. The number of rotatable bonds is 0. The molecule has 2 rings (SSSR count). The summed E-state index contributed by atoms with van der Waals surface area (Å²) in [4.78, 5) is 11.5. The second-order valence-electron chi connectivity index (χ2n) is 4.89. The number of cyclic esters (lactones) is 1. The predicted molar refractivity (Wildman–Crippen MR) is 65.7 cm³/mol. The van der Waals surface area contributed by atoms with Crippen molar-refractivity contribution in [3.63, 3.8) is 0 Å². The maximum Gasteiger partial charge on any atom is 0.340 e. The highest BCUT2D eigenvalue weighted by molar-refractivity contribution is 6.83. The Hall–Kier alpha value is -1.53. The van der Waals surface area contributed by atoms with Gasteiger partial charge in [0, 0.05) is 5.56 Å². The molecular formula is C13H14O2Si. The fourth-order valence-corrected chi connectivity index (χ4v) is 2.10. The van der Waals surface area contributed by atoms with Crippen LogP contribution in [0, 0.1) is 11.5 Å². The minimum atomic E-state index is -1.42. The molecule has 0 bridgehead atoms. The van der Waals surface area contributed by atoms with Crippen molar-refractivity contribution in [2.75, 3.05) is 0 Å². The second kappa shape index (κ2) is 3.80. The van der Waals surface area contributed by atoms with Crippen LogP contribution in [0.1, 0.15) is 22.0 Å². The number of hydrogen-bond donors (Lipinski definition) is 0. The largest absolute Gasteiger partial charge is 0.441 e. The summed E-state index contributed by atoms with van der Waals surface area (Å²) in [5.74, 6) is 2.82. The Kier molecular flexibility index (Phi) is 2.61. The van der Waals surface area contributed by atoms with E-state index in [0.29, 0.717) is 5.56 Å². The summed E-state index contributed by atoms with van der Waals surface area (Å²) in [5, 5.41) is 0. The highest BCUT2D eigenvalue weighted by Gasteiger charge is 2.29. The van der Waals surface area contributed by atoms with Crippen LogP contribution in [0.25, 0.3) is 0 Å². The molecule has 1 aliphatic heterocycles. The lowest BCUT2D eigenvalue weighted by Gasteiger charge is -2.06. The van der Waals surface area contributed by atoms with Crippen LogP contribution >= 0.6 is 0 Å². The number of carbonyl (C=O) groups is 1. The minimum absolute atomic E-state index is 0.259. The molecule has 2 nitrogen and oxygen atoms in total. The minimum Gasteiger partial charge on any atom is -0.441 e. The molecule has 1 atom stereocenters. The lowest BCUT2D eigenvalue weighted by molar-refractivity contribution is 0.0481. The van der Waals surface area contributed by atoms with E-state index in [1.54, 1.807) is 6.07 Å². The highest BCUT2D eigenvalue weighted by Crippen LogP contribution is 2.29. The van der Waals surface area contributed by atoms with Gasteiger partial charge in [-0.25, -0.2) is 4.79 Å². The zero-order valence-corrected chi connectivity index (χ0v) is 10.7. The van der Waals surface area contributed by atoms with Crippen molar-refractivity contribution in [2.24, 2.45) is 0 Å². The first-order valence-corrected chi connectivity index (χ1v) is 8.80. The molecule has 1 unspecified atom stereocenters. The number of ether oxygens (including phenoxy) is 1. The summed E-state index contributed by atoms with van der Waals surface area (Å²) in [5.41, 5.74) is 4.79. The van der Waals surface area contributed by atoms with Crippen LogP contribution in [-0.4, -0.2) is 14.0 Å². The van der Waals surface area contributed by atoms with Gasteiger partial charge in [-0.3, -0.25) is 0 Å². The Labute approximate surface area is 96.6 Å². The van der Waals surface area contributed by atoms with Crippen molar-refractivity contribution < 1.29 is 9.53 Å². The van der Waals surface area contributed by atoms with E-state index in [2.05, 4.69) is 31.1 Å². The summed E-state index contributed by atoms with van der Waals surface area (Å²) in [6, 6.07) is 7.44. The third-order valence-electron chi connectivity index (χ3n) is 2.27. The lowest BCUT2D eigenvalue weighted by atomic mass is 10.1. The van der Waals surface area contributed by atoms with Gasteiger partial charge in [0.1, 0.15) is 8.07 Å². The van der Waals surface area contributed by atoms with Gasteiger partial charge in [-0.05, 0) is 6.07 Å². The van der Waals surface area contributed by atoms with E-state index in [-0.39, 0.29) is 12.1 Å². The van der Waals surface area contributed by atoms with Crippen molar-refractivity contribution in [1.82, 2.24) is 0 Å². The standard InChI is InChI=1S/C13H14O2Si/c1-16(2,3)9-8-12-10-6-4-5-7-11(10)13(14)15-12/h4-7,12H,1-3H3. The fourth-order valence-electron chi connectivity index (χ4n) is 1.53. The van der Waals surface area contributed by atoms with Crippen molar-refractivity contribution in [3.8, 4) is 11.5 Å². The Morgan fingerprint density at radius 2 is 1.94 bits per heavy atom. The molecule has 0 fully saturated rings. The van der Waals surface area contributed by atoms with Gasteiger partial charge >= 0.3 is 5.97 Å². The van der Waals surface area contributed by atoms with E-state index < -0.39 is 8.07 Å². The Morgan fingerprint density at radius 3 is 2.62 bits per heavy atom. The smallest absolute Gasteiger partial charge is 0.340 e. The first-order chi connectivity index (χ1) is 7.47. The van der Waals surface area contributed by atoms with E-state index in [0.717, 1.165) is 5.56 Å². The van der Waals surface area contributed by atoms with Gasteiger partial charge in [0.2, 0.25) is 0 Å². The van der Waals surface area contributed by atoms with Crippen LogP contribution in [0.2, 0.25) is 19.6 Å². The maximum atomic E-state index is 11.5. The molecule has 3 heteroatoms. The first kappa shape index (κ1) is 11.0. The molecule has 1 aromatic carbocycles. The van der Waals surface area contributed by atoms with Gasteiger partial charge in [0.25, 0.3) is 0 Å². The van der Waals surface area contributed by atoms with Gasteiger partial charge in [0.05, 0.1) is 5.56 Å². The van der Waals surface area contributed by atoms with Crippen LogP contribution in [0.15, 0.2) is 24.3 Å². The summed E-state index contributed by atoms with van der Waals surface area (Å²) in [6.45, 7) is 6.51. The third kappa shape index (κ3) is 2.17. The van der Waals surface area contributed by atoms with Crippen LogP contribution < -0.4 is 0 Å². The molecule has 0 aliphatic carbocycles. The number of carbonyl (C=O) groups excluding carboxylic acids is 1. The van der Waals surface area contributed by atoms with E-state index >= 15 is 0 Å². The van der Waals surface area contributed by atoms with Crippen LogP contribution in [-0.2, 0) is 4.74 Å². The predicted octanol–water partition coefficient (Wildman–Crippen LogP) is 2.78. The fraction of sp³-hybridized carbons (Fsp3) is 0.308. The lowest BCUT2D eigenvalue weighted by Crippen LogP contribution is -2.16. The molecule has 0 radical (unpaired) electrons. The average Bonchev–Trinajstić information content (AvgIpc) is 2.53. The molecule has 0 saturated heterocycles. The molecule has 0 saturated carbocycles. The molecule has 1 aliphatic rings.